The third-order valence-corrected chi connectivity index (χ3v) is 3.26. The molecule has 0 saturated carbocycles. The lowest BCUT2D eigenvalue weighted by Crippen LogP contribution is -2.40. The van der Waals surface area contributed by atoms with Crippen molar-refractivity contribution >= 4 is 5.96 Å². The summed E-state index contributed by atoms with van der Waals surface area (Å²) in [6.07, 6.45) is 2.31. The number of hydrogen-bond donors (Lipinski definition) is 2. The molecule has 0 atom stereocenters. The molecule has 0 unspecified atom stereocenters. The number of nitrogens with zero attached hydrogens (tertiary/aromatic N) is 1. The minimum Gasteiger partial charge on any atom is -0.469 e. The van der Waals surface area contributed by atoms with Crippen molar-refractivity contribution in [1.29, 1.82) is 0 Å². The standard InChI is InChI=1S/C17H21F2N3O2/c1-23-10-8-21-17(20-7-6-15-3-2-9-24-15)22-12-13-11-14(18)4-5-16(13)19/h2-5,9,11H,6-8,10,12H2,1H3,(H2,20,21,22). The Balaban J connectivity index is 1.93. The SMILES string of the molecule is COCCNC(=NCc1cc(F)ccc1F)NCCc1ccco1. The van der Waals surface area contributed by atoms with Gasteiger partial charge in [-0.1, -0.05) is 0 Å². The lowest BCUT2D eigenvalue weighted by atomic mass is 10.2. The van der Waals surface area contributed by atoms with E-state index in [1.54, 1.807) is 13.4 Å². The van der Waals surface area contributed by atoms with Gasteiger partial charge in [-0.25, -0.2) is 13.8 Å². The molecule has 0 aliphatic carbocycles. The Morgan fingerprint density at radius 2 is 2.04 bits per heavy atom. The first kappa shape index (κ1) is 17.9. The summed E-state index contributed by atoms with van der Waals surface area (Å²) in [6.45, 7) is 1.69. The Hall–Kier alpha value is -2.41. The molecule has 2 N–H and O–H groups in total. The molecular formula is C17H21F2N3O2. The average molecular weight is 337 g/mol. The van der Waals surface area contributed by atoms with E-state index in [0.29, 0.717) is 32.1 Å². The van der Waals surface area contributed by atoms with E-state index >= 15 is 0 Å². The van der Waals surface area contributed by atoms with E-state index in [4.69, 9.17) is 9.15 Å². The number of furan rings is 1. The van der Waals surface area contributed by atoms with E-state index in [2.05, 4.69) is 15.6 Å². The van der Waals surface area contributed by atoms with Crippen LogP contribution in [-0.2, 0) is 17.7 Å². The first-order chi connectivity index (χ1) is 11.7. The molecule has 1 heterocycles. The van der Waals surface area contributed by atoms with Gasteiger partial charge in [0.15, 0.2) is 5.96 Å². The zero-order valence-electron chi connectivity index (χ0n) is 13.5. The molecule has 0 amide bonds. The van der Waals surface area contributed by atoms with Crippen LogP contribution >= 0.6 is 0 Å². The van der Waals surface area contributed by atoms with Crippen LogP contribution in [0.3, 0.4) is 0 Å². The maximum absolute atomic E-state index is 13.7. The molecule has 0 spiro atoms. The van der Waals surface area contributed by atoms with Crippen LogP contribution in [0.2, 0.25) is 0 Å². The Morgan fingerprint density at radius 3 is 2.79 bits per heavy atom. The number of hydrogen-bond acceptors (Lipinski definition) is 3. The number of benzene rings is 1. The number of guanidine groups is 1. The van der Waals surface area contributed by atoms with Gasteiger partial charge in [-0.3, -0.25) is 0 Å². The van der Waals surface area contributed by atoms with Gasteiger partial charge in [-0.15, -0.1) is 0 Å². The summed E-state index contributed by atoms with van der Waals surface area (Å²) >= 11 is 0. The second-order valence-corrected chi connectivity index (χ2v) is 5.08. The maximum Gasteiger partial charge on any atom is 0.191 e. The van der Waals surface area contributed by atoms with Crippen molar-refractivity contribution in [3.63, 3.8) is 0 Å². The van der Waals surface area contributed by atoms with Crippen molar-refractivity contribution in [3.05, 3.63) is 59.6 Å². The van der Waals surface area contributed by atoms with Crippen LogP contribution in [0, 0.1) is 11.6 Å². The fourth-order valence-electron chi connectivity index (χ4n) is 2.03. The van der Waals surface area contributed by atoms with Gasteiger partial charge in [-0.05, 0) is 30.3 Å². The third kappa shape index (κ3) is 6.00. The first-order valence-electron chi connectivity index (χ1n) is 7.66. The number of halogens is 2. The second kappa shape index (κ2) is 9.67. The zero-order valence-corrected chi connectivity index (χ0v) is 13.5. The molecule has 1 aromatic heterocycles. The molecule has 130 valence electrons. The number of aliphatic imine (C=N–C) groups is 1. The van der Waals surface area contributed by atoms with Gasteiger partial charge in [0.2, 0.25) is 0 Å². The monoisotopic (exact) mass is 337 g/mol. The second-order valence-electron chi connectivity index (χ2n) is 5.08. The summed E-state index contributed by atoms with van der Waals surface area (Å²) in [6, 6.07) is 7.05. The summed E-state index contributed by atoms with van der Waals surface area (Å²) in [5, 5.41) is 6.20. The quantitative estimate of drug-likeness (QED) is 0.441. The lowest BCUT2D eigenvalue weighted by Gasteiger charge is -2.12. The van der Waals surface area contributed by atoms with E-state index in [-0.39, 0.29) is 12.1 Å². The predicted molar refractivity (Wildman–Crippen MR) is 87.8 cm³/mol. The minimum absolute atomic E-state index is 0.0344. The molecule has 0 radical (unpaired) electrons. The van der Waals surface area contributed by atoms with Crippen LogP contribution < -0.4 is 10.6 Å². The highest BCUT2D eigenvalue weighted by molar-refractivity contribution is 5.79. The van der Waals surface area contributed by atoms with E-state index in [9.17, 15) is 8.78 Å². The molecule has 2 rings (SSSR count). The first-order valence-corrected chi connectivity index (χ1v) is 7.66. The maximum atomic E-state index is 13.7. The Morgan fingerprint density at radius 1 is 1.21 bits per heavy atom. The average Bonchev–Trinajstić information content (AvgIpc) is 3.08. The van der Waals surface area contributed by atoms with Gasteiger partial charge in [0.1, 0.15) is 17.4 Å². The highest BCUT2D eigenvalue weighted by Gasteiger charge is 2.05. The number of methoxy groups -OCH3 is 1. The molecule has 0 saturated heterocycles. The predicted octanol–water partition coefficient (Wildman–Crippen LogP) is 2.48. The topological polar surface area (TPSA) is 58.8 Å². The number of rotatable bonds is 8. The van der Waals surface area contributed by atoms with Crippen molar-refractivity contribution < 1.29 is 17.9 Å². The fourth-order valence-corrected chi connectivity index (χ4v) is 2.03. The molecule has 0 aliphatic heterocycles. The van der Waals surface area contributed by atoms with Crippen molar-refractivity contribution in [3.8, 4) is 0 Å². The van der Waals surface area contributed by atoms with Crippen molar-refractivity contribution in [2.45, 2.75) is 13.0 Å². The molecule has 1 aromatic carbocycles. The van der Waals surface area contributed by atoms with Crippen LogP contribution in [0.15, 0.2) is 46.0 Å². The summed E-state index contributed by atoms with van der Waals surface area (Å²) in [5.74, 6) is 0.394. The smallest absolute Gasteiger partial charge is 0.191 e. The van der Waals surface area contributed by atoms with Gasteiger partial charge >= 0.3 is 0 Å². The summed E-state index contributed by atoms with van der Waals surface area (Å²) in [7, 11) is 1.60. The van der Waals surface area contributed by atoms with Gasteiger partial charge in [-0.2, -0.15) is 0 Å². The molecule has 2 aromatic rings. The highest BCUT2D eigenvalue weighted by atomic mass is 19.1. The molecule has 24 heavy (non-hydrogen) atoms. The third-order valence-electron chi connectivity index (χ3n) is 3.26. The highest BCUT2D eigenvalue weighted by Crippen LogP contribution is 2.10. The number of nitrogens with one attached hydrogen (secondary N) is 2. The van der Waals surface area contributed by atoms with Crippen molar-refractivity contribution in [2.75, 3.05) is 26.8 Å². The van der Waals surface area contributed by atoms with Crippen LogP contribution in [0.25, 0.3) is 0 Å². The van der Waals surface area contributed by atoms with E-state index in [0.717, 1.165) is 24.0 Å². The Bertz CT molecular complexity index is 645. The zero-order chi connectivity index (χ0) is 17.2. The normalized spacial score (nSPS) is 11.5. The van der Waals surface area contributed by atoms with E-state index in [1.165, 1.54) is 0 Å². The fraction of sp³-hybridized carbons (Fsp3) is 0.353. The number of ether oxygens (including phenoxy) is 1. The van der Waals surface area contributed by atoms with Crippen LogP contribution in [0.1, 0.15) is 11.3 Å². The molecule has 0 bridgehead atoms. The van der Waals surface area contributed by atoms with Gasteiger partial charge in [0.05, 0.1) is 19.4 Å². The molecule has 0 aliphatic rings. The molecule has 5 nitrogen and oxygen atoms in total. The Labute approximate surface area is 139 Å². The minimum atomic E-state index is -0.485. The molecular weight excluding hydrogens is 316 g/mol. The van der Waals surface area contributed by atoms with Crippen molar-refractivity contribution in [2.24, 2.45) is 4.99 Å². The summed E-state index contributed by atoms with van der Waals surface area (Å²) in [5.41, 5.74) is 0.203. The Kier molecular flexibility index (Phi) is 7.22. The van der Waals surface area contributed by atoms with E-state index in [1.807, 2.05) is 12.1 Å². The van der Waals surface area contributed by atoms with Crippen molar-refractivity contribution in [1.82, 2.24) is 10.6 Å². The van der Waals surface area contributed by atoms with Crippen LogP contribution in [-0.4, -0.2) is 32.8 Å². The summed E-state index contributed by atoms with van der Waals surface area (Å²) < 4.78 is 37.1. The van der Waals surface area contributed by atoms with Gasteiger partial charge in [0.25, 0.3) is 0 Å². The largest absolute Gasteiger partial charge is 0.469 e. The van der Waals surface area contributed by atoms with Gasteiger partial charge in [0, 0.05) is 32.2 Å². The van der Waals surface area contributed by atoms with Gasteiger partial charge < -0.3 is 19.8 Å². The van der Waals surface area contributed by atoms with Crippen LogP contribution in [0.5, 0.6) is 0 Å². The van der Waals surface area contributed by atoms with Crippen LogP contribution in [0.4, 0.5) is 8.78 Å². The summed E-state index contributed by atoms with van der Waals surface area (Å²) in [4.78, 5) is 4.29. The lowest BCUT2D eigenvalue weighted by molar-refractivity contribution is 0.203. The van der Waals surface area contributed by atoms with E-state index < -0.39 is 11.6 Å². The molecule has 0 fully saturated rings. The molecule has 7 heteroatoms.